The van der Waals surface area contributed by atoms with Crippen molar-refractivity contribution in [2.45, 2.75) is 42.9 Å². The van der Waals surface area contributed by atoms with Crippen LogP contribution in [-0.4, -0.2) is 28.4 Å². The number of hydrogen-bond acceptors (Lipinski definition) is 4. The Morgan fingerprint density at radius 2 is 1.95 bits per heavy atom. The van der Waals surface area contributed by atoms with E-state index in [9.17, 15) is 12.8 Å². The lowest BCUT2D eigenvalue weighted by Crippen LogP contribution is -2.17. The smallest absolute Gasteiger partial charge is 0.239 e. The molecular formula is C14H16FN3O2S. The Bertz CT molecular complexity index is 756. The Balaban J connectivity index is 2.07. The van der Waals surface area contributed by atoms with Crippen molar-refractivity contribution in [1.29, 1.82) is 0 Å². The van der Waals surface area contributed by atoms with Crippen LogP contribution in [0.5, 0.6) is 0 Å². The number of benzene rings is 1. The third-order valence-corrected chi connectivity index (χ3v) is 5.63. The quantitative estimate of drug-likeness (QED) is 0.873. The normalized spacial score (nSPS) is 21.7. The van der Waals surface area contributed by atoms with Crippen LogP contribution < -0.4 is 0 Å². The predicted octanol–water partition coefficient (Wildman–Crippen LogP) is 2.46. The lowest BCUT2D eigenvalue weighted by molar-refractivity contribution is 0.326. The second-order valence-electron chi connectivity index (χ2n) is 5.42. The van der Waals surface area contributed by atoms with Crippen molar-refractivity contribution >= 4 is 9.84 Å². The molecule has 0 N–H and O–H groups in total. The highest BCUT2D eigenvalue weighted by Gasteiger charge is 2.38. The minimum absolute atomic E-state index is 0.100. The van der Waals surface area contributed by atoms with Gasteiger partial charge in [0.25, 0.3) is 5.16 Å². The maximum atomic E-state index is 14.1. The molecule has 0 saturated heterocycles. The van der Waals surface area contributed by atoms with Gasteiger partial charge in [0.2, 0.25) is 9.84 Å². The molecule has 5 nitrogen and oxygen atoms in total. The van der Waals surface area contributed by atoms with E-state index >= 15 is 0 Å². The lowest BCUT2D eigenvalue weighted by atomic mass is 10.0. The van der Waals surface area contributed by atoms with E-state index in [1.807, 2.05) is 30.3 Å². The molecule has 1 aromatic heterocycles. The van der Waals surface area contributed by atoms with Gasteiger partial charge in [-0.3, -0.25) is 0 Å². The molecular weight excluding hydrogens is 293 g/mol. The predicted molar refractivity (Wildman–Crippen MR) is 75.4 cm³/mol. The first-order chi connectivity index (χ1) is 9.91. The molecule has 0 bridgehead atoms. The molecule has 0 aliphatic carbocycles. The fourth-order valence-corrected chi connectivity index (χ4v) is 3.29. The van der Waals surface area contributed by atoms with E-state index in [4.69, 9.17) is 0 Å². The number of nitrogens with zero attached hydrogens (tertiary/aromatic N) is 3. The first-order valence-corrected chi connectivity index (χ1v) is 8.35. The molecule has 1 aromatic carbocycles. The van der Waals surface area contributed by atoms with Crippen molar-refractivity contribution in [3.8, 4) is 0 Å². The molecule has 0 radical (unpaired) electrons. The number of sulfone groups is 1. The summed E-state index contributed by atoms with van der Waals surface area (Å²) in [5.41, 5.74) is 0.900. The topological polar surface area (TPSA) is 64.8 Å². The third-order valence-electron chi connectivity index (χ3n) is 3.70. The first kappa shape index (κ1) is 14.2. The van der Waals surface area contributed by atoms with Gasteiger partial charge in [0, 0.05) is 6.42 Å². The minimum Gasteiger partial charge on any atom is -0.239 e. The number of aromatic nitrogens is 3. The Labute approximate surface area is 122 Å². The van der Waals surface area contributed by atoms with Gasteiger partial charge in [-0.25, -0.2) is 17.5 Å². The van der Waals surface area contributed by atoms with Gasteiger partial charge in [0.1, 0.15) is 0 Å². The van der Waals surface area contributed by atoms with E-state index in [1.165, 1.54) is 4.68 Å². The van der Waals surface area contributed by atoms with Gasteiger partial charge in [-0.05, 0) is 19.4 Å². The number of rotatable bonds is 3. The minimum atomic E-state index is -3.59. The molecule has 2 heterocycles. The Morgan fingerprint density at radius 1 is 1.29 bits per heavy atom. The zero-order valence-corrected chi connectivity index (χ0v) is 12.6. The van der Waals surface area contributed by atoms with E-state index in [1.54, 1.807) is 13.8 Å². The summed E-state index contributed by atoms with van der Waals surface area (Å²) in [6, 6.07) is 9.06. The van der Waals surface area contributed by atoms with E-state index in [-0.39, 0.29) is 23.4 Å². The molecule has 7 heteroatoms. The summed E-state index contributed by atoms with van der Waals surface area (Å²) in [6.45, 7) is 3.12. The van der Waals surface area contributed by atoms with E-state index < -0.39 is 21.3 Å². The van der Waals surface area contributed by atoms with Gasteiger partial charge in [-0.2, -0.15) is 4.98 Å². The zero-order valence-electron chi connectivity index (χ0n) is 11.8. The Hall–Kier alpha value is -1.76. The van der Waals surface area contributed by atoms with Crippen molar-refractivity contribution in [1.82, 2.24) is 14.8 Å². The van der Waals surface area contributed by atoms with Crippen molar-refractivity contribution in [3.63, 3.8) is 0 Å². The van der Waals surface area contributed by atoms with Crippen LogP contribution >= 0.6 is 0 Å². The molecule has 112 valence electrons. The van der Waals surface area contributed by atoms with Gasteiger partial charge < -0.3 is 0 Å². The SMILES string of the molecule is CC(C)S(=O)(=O)c1nc2n(n1)[C@H](c1ccccc1)C[C@@H]2F. The van der Waals surface area contributed by atoms with Crippen molar-refractivity contribution in [2.24, 2.45) is 0 Å². The molecule has 0 fully saturated rings. The van der Waals surface area contributed by atoms with Crippen LogP contribution in [0.1, 0.15) is 43.9 Å². The number of halogens is 1. The summed E-state index contributed by atoms with van der Waals surface area (Å²) >= 11 is 0. The maximum absolute atomic E-state index is 14.1. The van der Waals surface area contributed by atoms with Gasteiger partial charge in [0.15, 0.2) is 12.0 Å². The van der Waals surface area contributed by atoms with Crippen LogP contribution in [0.25, 0.3) is 0 Å². The standard InChI is InChI=1S/C14H16FN3O2S/c1-9(2)21(19,20)14-16-13-11(15)8-12(18(13)17-14)10-6-4-3-5-7-10/h3-7,9,11-12H,8H2,1-2H3/t11-,12-/m0/s1. The van der Waals surface area contributed by atoms with Crippen LogP contribution in [0.4, 0.5) is 4.39 Å². The highest BCUT2D eigenvalue weighted by atomic mass is 32.2. The van der Waals surface area contributed by atoms with Crippen molar-refractivity contribution in [3.05, 3.63) is 41.7 Å². The van der Waals surface area contributed by atoms with E-state index in [2.05, 4.69) is 10.1 Å². The summed E-state index contributed by atoms with van der Waals surface area (Å²) in [7, 11) is -3.59. The molecule has 1 aliphatic rings. The third kappa shape index (κ3) is 2.25. The molecule has 0 spiro atoms. The fourth-order valence-electron chi connectivity index (χ4n) is 2.44. The van der Waals surface area contributed by atoms with Gasteiger partial charge >= 0.3 is 0 Å². The Morgan fingerprint density at radius 3 is 2.57 bits per heavy atom. The molecule has 2 aromatic rings. The highest BCUT2D eigenvalue weighted by Crippen LogP contribution is 2.39. The summed E-state index contributed by atoms with van der Waals surface area (Å²) in [5.74, 6) is 0.100. The molecule has 3 rings (SSSR count). The molecule has 21 heavy (non-hydrogen) atoms. The largest absolute Gasteiger partial charge is 0.267 e. The van der Waals surface area contributed by atoms with Crippen molar-refractivity contribution in [2.75, 3.05) is 0 Å². The lowest BCUT2D eigenvalue weighted by Gasteiger charge is -2.11. The summed E-state index contributed by atoms with van der Waals surface area (Å²) in [5, 5.41) is 3.16. The van der Waals surface area contributed by atoms with E-state index in [0.29, 0.717) is 0 Å². The van der Waals surface area contributed by atoms with Gasteiger partial charge in [-0.1, -0.05) is 30.3 Å². The molecule has 2 atom stereocenters. The van der Waals surface area contributed by atoms with Crippen LogP contribution in [0.2, 0.25) is 0 Å². The van der Waals surface area contributed by atoms with E-state index in [0.717, 1.165) is 5.56 Å². The average molecular weight is 309 g/mol. The summed E-state index contributed by atoms with van der Waals surface area (Å²) in [4.78, 5) is 3.93. The van der Waals surface area contributed by atoms with Crippen LogP contribution in [0, 0.1) is 0 Å². The van der Waals surface area contributed by atoms with Gasteiger partial charge in [0.05, 0.1) is 11.3 Å². The Kier molecular flexibility index (Phi) is 3.32. The fraction of sp³-hybridized carbons (Fsp3) is 0.429. The van der Waals surface area contributed by atoms with Crippen LogP contribution in [0.3, 0.4) is 0 Å². The molecule has 0 saturated carbocycles. The number of hydrogen-bond donors (Lipinski definition) is 0. The first-order valence-electron chi connectivity index (χ1n) is 6.80. The second kappa shape index (κ2) is 4.91. The molecule has 1 aliphatic heterocycles. The highest BCUT2D eigenvalue weighted by molar-refractivity contribution is 7.91. The maximum Gasteiger partial charge on any atom is 0.267 e. The van der Waals surface area contributed by atoms with Crippen LogP contribution in [0.15, 0.2) is 35.5 Å². The zero-order chi connectivity index (χ0) is 15.2. The second-order valence-corrected chi connectivity index (χ2v) is 7.82. The number of alkyl halides is 1. The molecule has 0 amide bonds. The molecule has 0 unspecified atom stereocenters. The summed E-state index contributed by atoms with van der Waals surface area (Å²) < 4.78 is 39.8. The average Bonchev–Trinajstić information content (AvgIpc) is 3.01. The number of fused-ring (bicyclic) bond motifs is 1. The summed E-state index contributed by atoms with van der Waals surface area (Å²) in [6.07, 6.45) is -1.06. The van der Waals surface area contributed by atoms with Gasteiger partial charge in [-0.15, -0.1) is 5.10 Å². The monoisotopic (exact) mass is 309 g/mol. The van der Waals surface area contributed by atoms with Crippen LogP contribution in [-0.2, 0) is 9.84 Å². The van der Waals surface area contributed by atoms with Crippen molar-refractivity contribution < 1.29 is 12.8 Å².